The monoisotopic (exact) mass is 372 g/mol. The maximum absolute atomic E-state index is 12.6. The SMILES string of the molecule is CC(C)S(=O)(=O)c1ccc(N2CCN(C)CC2)cc1N=C(N)CCl. The quantitative estimate of drug-likeness (QED) is 0.484. The molecule has 1 aliphatic rings. The molecule has 0 bridgehead atoms. The van der Waals surface area contributed by atoms with Crippen LogP contribution in [0.2, 0.25) is 0 Å². The van der Waals surface area contributed by atoms with Gasteiger partial charge < -0.3 is 15.5 Å². The van der Waals surface area contributed by atoms with Crippen molar-refractivity contribution in [1.29, 1.82) is 0 Å². The van der Waals surface area contributed by atoms with Gasteiger partial charge in [0, 0.05) is 31.9 Å². The van der Waals surface area contributed by atoms with Gasteiger partial charge in [-0.15, -0.1) is 11.6 Å². The van der Waals surface area contributed by atoms with Crippen molar-refractivity contribution in [3.8, 4) is 0 Å². The van der Waals surface area contributed by atoms with E-state index in [4.69, 9.17) is 17.3 Å². The van der Waals surface area contributed by atoms with Crippen LogP contribution in [0.4, 0.5) is 11.4 Å². The predicted molar refractivity (Wildman–Crippen MR) is 100 cm³/mol. The fourth-order valence-electron chi connectivity index (χ4n) is 2.53. The fraction of sp³-hybridized carbons (Fsp3) is 0.562. The van der Waals surface area contributed by atoms with E-state index < -0.39 is 15.1 Å². The van der Waals surface area contributed by atoms with E-state index in [0.717, 1.165) is 31.9 Å². The highest BCUT2D eigenvalue weighted by atomic mass is 35.5. The Kier molecular flexibility index (Phi) is 6.11. The maximum Gasteiger partial charge on any atom is 0.182 e. The Bertz CT molecular complexity index is 711. The second-order valence-corrected chi connectivity index (χ2v) is 9.01. The second kappa shape index (κ2) is 7.72. The second-order valence-electron chi connectivity index (χ2n) is 6.27. The Morgan fingerprint density at radius 3 is 2.46 bits per heavy atom. The third-order valence-electron chi connectivity index (χ3n) is 4.14. The molecule has 2 N–H and O–H groups in total. The van der Waals surface area contributed by atoms with E-state index in [2.05, 4.69) is 21.8 Å². The van der Waals surface area contributed by atoms with Crippen molar-refractivity contribution in [3.63, 3.8) is 0 Å². The molecule has 0 aromatic heterocycles. The van der Waals surface area contributed by atoms with Crippen molar-refractivity contribution in [3.05, 3.63) is 18.2 Å². The van der Waals surface area contributed by atoms with Crippen LogP contribution in [0.15, 0.2) is 28.1 Å². The van der Waals surface area contributed by atoms with Gasteiger partial charge in [0.1, 0.15) is 5.84 Å². The minimum atomic E-state index is -3.45. The lowest BCUT2D eigenvalue weighted by atomic mass is 10.2. The third kappa shape index (κ3) is 4.20. The molecule has 0 radical (unpaired) electrons. The highest BCUT2D eigenvalue weighted by Gasteiger charge is 2.24. The average molecular weight is 373 g/mol. The number of hydrogen-bond acceptors (Lipinski definition) is 5. The van der Waals surface area contributed by atoms with Crippen LogP contribution in [-0.4, -0.2) is 63.5 Å². The van der Waals surface area contributed by atoms with Crippen molar-refractivity contribution in [2.75, 3.05) is 44.0 Å². The molecule has 134 valence electrons. The largest absolute Gasteiger partial charge is 0.386 e. The first-order chi connectivity index (χ1) is 11.3. The third-order valence-corrected chi connectivity index (χ3v) is 6.61. The zero-order valence-corrected chi connectivity index (χ0v) is 15.9. The first-order valence-corrected chi connectivity index (χ1v) is 10.0. The summed E-state index contributed by atoms with van der Waals surface area (Å²) in [7, 11) is -1.36. The van der Waals surface area contributed by atoms with Crippen molar-refractivity contribution < 1.29 is 8.42 Å². The number of rotatable bonds is 5. The van der Waals surface area contributed by atoms with E-state index in [1.165, 1.54) is 0 Å². The van der Waals surface area contributed by atoms with Crippen LogP contribution in [0, 0.1) is 0 Å². The average Bonchev–Trinajstić information content (AvgIpc) is 2.55. The zero-order chi connectivity index (χ0) is 17.9. The number of anilines is 1. The van der Waals surface area contributed by atoms with E-state index in [9.17, 15) is 8.42 Å². The number of likely N-dealkylation sites (N-methyl/N-ethyl adjacent to an activating group) is 1. The van der Waals surface area contributed by atoms with Crippen LogP contribution in [0.3, 0.4) is 0 Å². The Labute approximate surface area is 149 Å². The number of aliphatic imine (C=N–C) groups is 1. The van der Waals surface area contributed by atoms with Gasteiger partial charge in [-0.2, -0.15) is 0 Å². The summed E-state index contributed by atoms with van der Waals surface area (Å²) in [6, 6.07) is 5.26. The maximum atomic E-state index is 12.6. The molecule has 24 heavy (non-hydrogen) atoms. The molecule has 0 unspecified atom stereocenters. The number of nitrogens with zero attached hydrogens (tertiary/aromatic N) is 3. The van der Waals surface area contributed by atoms with Gasteiger partial charge >= 0.3 is 0 Å². The van der Waals surface area contributed by atoms with Crippen LogP contribution in [0.5, 0.6) is 0 Å². The fourth-order valence-corrected chi connectivity index (χ4v) is 3.76. The van der Waals surface area contributed by atoms with Gasteiger partial charge in [0.25, 0.3) is 0 Å². The summed E-state index contributed by atoms with van der Waals surface area (Å²) in [4.78, 5) is 8.93. The molecule has 1 saturated heterocycles. The van der Waals surface area contributed by atoms with Crippen LogP contribution in [0.25, 0.3) is 0 Å². The Balaban J connectivity index is 2.47. The highest BCUT2D eigenvalue weighted by molar-refractivity contribution is 7.92. The van der Waals surface area contributed by atoms with Crippen LogP contribution >= 0.6 is 11.6 Å². The number of halogens is 1. The molecule has 8 heteroatoms. The highest BCUT2D eigenvalue weighted by Crippen LogP contribution is 2.32. The van der Waals surface area contributed by atoms with Crippen LogP contribution in [0.1, 0.15) is 13.8 Å². The number of alkyl halides is 1. The lowest BCUT2D eigenvalue weighted by molar-refractivity contribution is 0.313. The minimum absolute atomic E-state index is 0.0555. The van der Waals surface area contributed by atoms with E-state index >= 15 is 0 Å². The molecule has 1 aromatic carbocycles. The van der Waals surface area contributed by atoms with Gasteiger partial charge in [0.15, 0.2) is 9.84 Å². The van der Waals surface area contributed by atoms with Gasteiger partial charge in [-0.05, 0) is 39.1 Å². The zero-order valence-electron chi connectivity index (χ0n) is 14.4. The molecule has 0 aliphatic carbocycles. The van der Waals surface area contributed by atoms with E-state index in [1.807, 2.05) is 6.07 Å². The summed E-state index contributed by atoms with van der Waals surface area (Å²) in [5.74, 6) is 0.257. The number of hydrogen-bond donors (Lipinski definition) is 1. The predicted octanol–water partition coefficient (Wildman–Crippen LogP) is 1.85. The summed E-state index contributed by atoms with van der Waals surface area (Å²) in [6.45, 7) is 7.02. The first kappa shape index (κ1) is 19.0. The number of benzene rings is 1. The molecular weight excluding hydrogens is 348 g/mol. The molecule has 0 spiro atoms. The standard InChI is InChI=1S/C16H25ClN4O2S/c1-12(2)24(22,23)15-5-4-13(10-14(15)19-16(18)11-17)21-8-6-20(3)7-9-21/h4-5,10,12H,6-9,11H2,1-3H3,(H2,18,19). The lowest BCUT2D eigenvalue weighted by Gasteiger charge is -2.34. The van der Waals surface area contributed by atoms with Gasteiger partial charge in [-0.1, -0.05) is 0 Å². The summed E-state index contributed by atoms with van der Waals surface area (Å²) in [5.41, 5.74) is 7.05. The van der Waals surface area contributed by atoms with Crippen molar-refractivity contribution in [2.45, 2.75) is 24.0 Å². The molecule has 0 atom stereocenters. The molecule has 1 heterocycles. The van der Waals surface area contributed by atoms with Gasteiger partial charge in [0.2, 0.25) is 0 Å². The van der Waals surface area contributed by atoms with Gasteiger partial charge in [-0.25, -0.2) is 13.4 Å². The molecule has 1 fully saturated rings. The van der Waals surface area contributed by atoms with Crippen molar-refractivity contribution in [2.24, 2.45) is 10.7 Å². The Morgan fingerprint density at radius 1 is 1.29 bits per heavy atom. The molecule has 0 amide bonds. The minimum Gasteiger partial charge on any atom is -0.386 e. The Morgan fingerprint density at radius 2 is 1.92 bits per heavy atom. The molecule has 2 rings (SSSR count). The van der Waals surface area contributed by atoms with Crippen LogP contribution < -0.4 is 10.6 Å². The van der Waals surface area contributed by atoms with E-state index in [1.54, 1.807) is 26.0 Å². The lowest BCUT2D eigenvalue weighted by Crippen LogP contribution is -2.44. The summed E-state index contributed by atoms with van der Waals surface area (Å²) >= 11 is 5.71. The van der Waals surface area contributed by atoms with Gasteiger partial charge in [0.05, 0.1) is 21.7 Å². The Hall–Kier alpha value is -1.31. The topological polar surface area (TPSA) is 79.0 Å². The number of nitrogens with two attached hydrogens (primary N) is 1. The first-order valence-electron chi connectivity index (χ1n) is 7.96. The van der Waals surface area contributed by atoms with E-state index in [-0.39, 0.29) is 16.6 Å². The molecular formula is C16H25ClN4O2S. The number of amidine groups is 1. The molecule has 6 nitrogen and oxygen atoms in total. The smallest absolute Gasteiger partial charge is 0.182 e. The van der Waals surface area contributed by atoms with Gasteiger partial charge in [-0.3, -0.25) is 0 Å². The number of piperazine rings is 1. The van der Waals surface area contributed by atoms with E-state index in [0.29, 0.717) is 5.69 Å². The van der Waals surface area contributed by atoms with Crippen molar-refractivity contribution in [1.82, 2.24) is 4.90 Å². The summed E-state index contributed by atoms with van der Waals surface area (Å²) in [5, 5.41) is -0.529. The summed E-state index contributed by atoms with van der Waals surface area (Å²) in [6.07, 6.45) is 0. The van der Waals surface area contributed by atoms with Crippen LogP contribution in [-0.2, 0) is 9.84 Å². The molecule has 1 aliphatic heterocycles. The number of sulfone groups is 1. The molecule has 0 saturated carbocycles. The molecule has 1 aromatic rings. The van der Waals surface area contributed by atoms with Crippen molar-refractivity contribution >= 4 is 38.6 Å². The summed E-state index contributed by atoms with van der Waals surface area (Å²) < 4.78 is 25.2. The normalized spacial score (nSPS) is 17.5.